The molecule has 0 saturated heterocycles. The third-order valence-electron chi connectivity index (χ3n) is 2.57. The Hall–Kier alpha value is -1.55. The van der Waals surface area contributed by atoms with Crippen molar-refractivity contribution >= 4 is 17.3 Å². The maximum absolute atomic E-state index is 6.04. The number of halogens is 1. The quantitative estimate of drug-likeness (QED) is 0.925. The summed E-state index contributed by atoms with van der Waals surface area (Å²) in [4.78, 5) is 4.03. The van der Waals surface area contributed by atoms with E-state index in [-0.39, 0.29) is 5.54 Å². The number of nitrogens with one attached hydrogen (secondary N) is 1. The van der Waals surface area contributed by atoms with Crippen LogP contribution in [0.25, 0.3) is 0 Å². The molecule has 4 nitrogen and oxygen atoms in total. The van der Waals surface area contributed by atoms with Crippen LogP contribution in [-0.4, -0.2) is 14.8 Å². The topological polar surface area (TPSA) is 42.7 Å². The minimum atomic E-state index is 0.00416. The van der Waals surface area contributed by atoms with Gasteiger partial charge in [-0.25, -0.2) is 0 Å². The smallest absolute Gasteiger partial charge is 0.0718 e. The van der Waals surface area contributed by atoms with Crippen LogP contribution in [-0.2, 0) is 12.1 Å². The summed E-state index contributed by atoms with van der Waals surface area (Å²) < 4.78 is 1.95. The lowest BCUT2D eigenvalue weighted by molar-refractivity contribution is 0.355. The average molecular weight is 265 g/mol. The van der Waals surface area contributed by atoms with E-state index in [0.717, 1.165) is 11.3 Å². The van der Waals surface area contributed by atoms with Gasteiger partial charge in [-0.05, 0) is 26.8 Å². The number of hydrogen-bond donors (Lipinski definition) is 1. The van der Waals surface area contributed by atoms with E-state index in [1.165, 1.54) is 0 Å². The number of nitrogens with zero attached hydrogens (tertiary/aromatic N) is 3. The first-order valence-electron chi connectivity index (χ1n) is 5.84. The van der Waals surface area contributed by atoms with Crippen molar-refractivity contribution in [1.82, 2.24) is 14.8 Å². The fourth-order valence-corrected chi connectivity index (χ4v) is 1.70. The molecule has 5 heteroatoms. The molecule has 2 aromatic rings. The third kappa shape index (κ3) is 3.01. The molecule has 0 aliphatic rings. The fourth-order valence-electron chi connectivity index (χ4n) is 1.52. The summed E-state index contributed by atoms with van der Waals surface area (Å²) in [5.74, 6) is 0. The van der Waals surface area contributed by atoms with Gasteiger partial charge in [0.15, 0.2) is 0 Å². The van der Waals surface area contributed by atoms with Crippen LogP contribution in [0.1, 0.15) is 26.3 Å². The lowest BCUT2D eigenvalue weighted by atomic mass is 10.1. The van der Waals surface area contributed by atoms with Crippen LogP contribution in [0, 0.1) is 0 Å². The van der Waals surface area contributed by atoms with Crippen LogP contribution in [0.2, 0.25) is 5.02 Å². The molecule has 0 spiro atoms. The van der Waals surface area contributed by atoms with Gasteiger partial charge in [0, 0.05) is 24.5 Å². The van der Waals surface area contributed by atoms with Gasteiger partial charge in [-0.1, -0.05) is 11.6 Å². The monoisotopic (exact) mass is 264 g/mol. The van der Waals surface area contributed by atoms with E-state index in [1.54, 1.807) is 18.5 Å². The van der Waals surface area contributed by atoms with Crippen molar-refractivity contribution in [3.05, 3.63) is 41.4 Å². The van der Waals surface area contributed by atoms with Crippen LogP contribution in [0.5, 0.6) is 0 Å². The van der Waals surface area contributed by atoms with Gasteiger partial charge in [0.05, 0.1) is 28.6 Å². The Balaban J connectivity index is 2.03. The zero-order valence-corrected chi connectivity index (χ0v) is 11.6. The number of aromatic nitrogens is 3. The zero-order chi connectivity index (χ0) is 13.2. The lowest BCUT2D eigenvalue weighted by Gasteiger charge is -2.18. The van der Waals surface area contributed by atoms with Crippen molar-refractivity contribution in [3.8, 4) is 0 Å². The first-order valence-corrected chi connectivity index (χ1v) is 6.22. The maximum atomic E-state index is 6.04. The highest BCUT2D eigenvalue weighted by Crippen LogP contribution is 2.20. The minimum Gasteiger partial charge on any atom is -0.378 e. The summed E-state index contributed by atoms with van der Waals surface area (Å²) in [5.41, 5.74) is 1.96. The molecular formula is C13H17ClN4. The molecule has 0 aromatic carbocycles. The van der Waals surface area contributed by atoms with E-state index in [1.807, 2.05) is 17.1 Å². The number of anilines is 1. The van der Waals surface area contributed by atoms with Crippen LogP contribution < -0.4 is 5.32 Å². The molecule has 2 aromatic heterocycles. The van der Waals surface area contributed by atoms with Gasteiger partial charge < -0.3 is 5.32 Å². The van der Waals surface area contributed by atoms with Gasteiger partial charge >= 0.3 is 0 Å². The Morgan fingerprint density at radius 1 is 1.33 bits per heavy atom. The van der Waals surface area contributed by atoms with E-state index in [0.29, 0.717) is 11.6 Å². The van der Waals surface area contributed by atoms with E-state index >= 15 is 0 Å². The van der Waals surface area contributed by atoms with E-state index < -0.39 is 0 Å². The molecule has 0 bridgehead atoms. The van der Waals surface area contributed by atoms with Gasteiger partial charge in [-0.2, -0.15) is 5.10 Å². The molecule has 0 aliphatic carbocycles. The van der Waals surface area contributed by atoms with Crippen molar-refractivity contribution in [2.45, 2.75) is 32.9 Å². The molecule has 0 unspecified atom stereocenters. The summed E-state index contributed by atoms with van der Waals surface area (Å²) in [7, 11) is 0. The zero-order valence-electron chi connectivity index (χ0n) is 10.8. The number of pyridine rings is 1. The molecule has 0 saturated carbocycles. The van der Waals surface area contributed by atoms with Gasteiger partial charge in [0.1, 0.15) is 0 Å². The molecule has 18 heavy (non-hydrogen) atoms. The molecule has 1 N–H and O–H groups in total. The molecule has 0 radical (unpaired) electrons. The summed E-state index contributed by atoms with van der Waals surface area (Å²) >= 11 is 6.04. The Morgan fingerprint density at radius 3 is 2.72 bits per heavy atom. The molecule has 96 valence electrons. The third-order valence-corrected chi connectivity index (χ3v) is 2.90. The first-order chi connectivity index (χ1) is 8.47. The Labute approximate surface area is 112 Å². The van der Waals surface area contributed by atoms with Crippen LogP contribution in [0.4, 0.5) is 5.69 Å². The highest BCUT2D eigenvalue weighted by atomic mass is 35.5. The molecule has 0 atom stereocenters. The number of hydrogen-bond acceptors (Lipinski definition) is 3. The Kier molecular flexibility index (Phi) is 3.57. The summed E-state index contributed by atoms with van der Waals surface area (Å²) in [6.45, 7) is 7.04. The van der Waals surface area contributed by atoms with Crippen molar-refractivity contribution < 1.29 is 0 Å². The van der Waals surface area contributed by atoms with Crippen LogP contribution in [0.15, 0.2) is 30.9 Å². The summed E-state index contributed by atoms with van der Waals surface area (Å²) in [6.07, 6.45) is 7.29. The van der Waals surface area contributed by atoms with E-state index in [4.69, 9.17) is 11.6 Å². The highest BCUT2D eigenvalue weighted by molar-refractivity contribution is 6.33. The predicted molar refractivity (Wildman–Crippen MR) is 73.8 cm³/mol. The molecule has 2 heterocycles. The van der Waals surface area contributed by atoms with Gasteiger partial charge in [0.2, 0.25) is 0 Å². The second kappa shape index (κ2) is 4.98. The SMILES string of the molecule is CC(C)(C)n1cc(CNc2cnccc2Cl)cn1. The molecule has 0 aliphatic heterocycles. The maximum Gasteiger partial charge on any atom is 0.0718 e. The van der Waals surface area contributed by atoms with Crippen molar-refractivity contribution in [1.29, 1.82) is 0 Å². The second-order valence-electron chi connectivity index (χ2n) is 5.17. The van der Waals surface area contributed by atoms with Gasteiger partial charge in [0.25, 0.3) is 0 Å². The fraction of sp³-hybridized carbons (Fsp3) is 0.385. The second-order valence-corrected chi connectivity index (χ2v) is 5.58. The molecule has 0 fully saturated rings. The summed E-state index contributed by atoms with van der Waals surface area (Å²) in [6, 6.07) is 1.77. The highest BCUT2D eigenvalue weighted by Gasteiger charge is 2.13. The van der Waals surface area contributed by atoms with E-state index in [9.17, 15) is 0 Å². The average Bonchev–Trinajstić information content (AvgIpc) is 2.76. The predicted octanol–water partition coefficient (Wildman–Crippen LogP) is 3.30. The first kappa shape index (κ1) is 12.9. The Bertz CT molecular complexity index is 528. The molecular weight excluding hydrogens is 248 g/mol. The molecule has 0 amide bonds. The van der Waals surface area contributed by atoms with Crippen molar-refractivity contribution in [2.24, 2.45) is 0 Å². The lowest BCUT2D eigenvalue weighted by Crippen LogP contribution is -2.21. The summed E-state index contributed by atoms with van der Waals surface area (Å²) in [5, 5.41) is 8.27. The number of rotatable bonds is 3. The molecule has 2 rings (SSSR count). The standard InChI is InChI=1S/C13H17ClN4/c1-13(2,3)18-9-10(7-17-18)6-16-12-8-15-5-4-11(12)14/h4-5,7-9,16H,6H2,1-3H3. The van der Waals surface area contributed by atoms with Gasteiger partial charge in [-0.15, -0.1) is 0 Å². The van der Waals surface area contributed by atoms with E-state index in [2.05, 4.69) is 36.2 Å². The van der Waals surface area contributed by atoms with Crippen LogP contribution in [0.3, 0.4) is 0 Å². The van der Waals surface area contributed by atoms with Crippen molar-refractivity contribution in [3.63, 3.8) is 0 Å². The minimum absolute atomic E-state index is 0.00416. The van der Waals surface area contributed by atoms with Gasteiger partial charge in [-0.3, -0.25) is 9.67 Å². The largest absolute Gasteiger partial charge is 0.378 e. The van der Waals surface area contributed by atoms with Crippen molar-refractivity contribution in [2.75, 3.05) is 5.32 Å². The Morgan fingerprint density at radius 2 is 2.11 bits per heavy atom. The normalized spacial score (nSPS) is 11.6. The van der Waals surface area contributed by atoms with Crippen LogP contribution >= 0.6 is 11.6 Å².